The van der Waals surface area contributed by atoms with Gasteiger partial charge in [-0.25, -0.2) is 28.5 Å². The molecule has 0 radical (unpaired) electrons. The average molecular weight is 1170 g/mol. The highest BCUT2D eigenvalue weighted by atomic mass is 16.6. The Morgan fingerprint density at radius 3 is 1.32 bits per heavy atom. The Bertz CT molecular complexity index is 3520. The molecule has 0 aliphatic carbocycles. The normalized spacial score (nSPS) is 13.0. The quantitative estimate of drug-likeness (QED) is 0.0435. The van der Waals surface area contributed by atoms with Gasteiger partial charge in [-0.15, -0.1) is 10.2 Å². The number of carboxylic acids is 1. The fourth-order valence-corrected chi connectivity index (χ4v) is 9.79. The number of aliphatic carboxylic acids is 1. The van der Waals surface area contributed by atoms with E-state index in [1.54, 1.807) is 33.2 Å². The summed E-state index contributed by atoms with van der Waals surface area (Å²) in [7, 11) is 1.33. The Kier molecular flexibility index (Phi) is 22.0. The van der Waals surface area contributed by atoms with Gasteiger partial charge in [-0.1, -0.05) is 137 Å². The Labute approximate surface area is 493 Å². The molecule has 4 atom stereocenters. The molecular formula is C63H76N10O12. The standard InChI is InChI=1S/C32H39N5O6.C31H37N5O6/c1-6-7-16-27(30(39)41-5)37-29(33-34-35-37)23(19-28(38)42-21-22-13-9-8-10-14-22)18-24-20-36(31(40)43-32(2,3)4)26-17-12-11-15-25(24)26;1-5-6-15-26(29(38)39)36-28(32-33-34-36)22(18-27(37)41-20-21-12-8-7-9-13-21)17-23-19-35(30(40)42-31(2,3)4)25-16-11-10-14-24(23)25/h8-15,17,20,23,27H,6-7,16,18-19,21H2,1-5H3;7-14,16,19,22,26H,5-6,15,17-18,20H2,1-4H3,(H,38,39)/t23-,27+;22-,26+/m11/s1. The van der Waals surface area contributed by atoms with Crippen molar-refractivity contribution in [1.82, 2.24) is 49.5 Å². The number of methoxy groups -OCH3 is 1. The van der Waals surface area contributed by atoms with Crippen LogP contribution in [0.3, 0.4) is 0 Å². The Hall–Kier alpha value is -9.08. The minimum Gasteiger partial charge on any atom is -0.480 e. The highest BCUT2D eigenvalue weighted by molar-refractivity contribution is 5.93. The monoisotopic (exact) mass is 1160 g/mol. The van der Waals surface area contributed by atoms with Gasteiger partial charge in [-0.2, -0.15) is 0 Å². The van der Waals surface area contributed by atoms with E-state index in [2.05, 4.69) is 31.1 Å². The number of nitrogens with zero attached hydrogens (tertiary/aromatic N) is 10. The molecule has 8 aromatic rings. The van der Waals surface area contributed by atoms with E-state index in [-0.39, 0.29) is 38.3 Å². The van der Waals surface area contributed by atoms with Gasteiger partial charge in [0.15, 0.2) is 23.7 Å². The Balaban J connectivity index is 0.000000244. The van der Waals surface area contributed by atoms with E-state index in [0.29, 0.717) is 42.5 Å². The molecule has 450 valence electrons. The molecule has 4 aromatic carbocycles. The molecule has 1 N–H and O–H groups in total. The van der Waals surface area contributed by atoms with Gasteiger partial charge in [-0.05, 0) is 122 Å². The van der Waals surface area contributed by atoms with Crippen molar-refractivity contribution in [1.29, 1.82) is 0 Å². The number of hydrogen-bond donors (Lipinski definition) is 1. The van der Waals surface area contributed by atoms with Crippen molar-refractivity contribution in [2.45, 2.75) is 168 Å². The molecule has 22 heteroatoms. The summed E-state index contributed by atoms with van der Waals surface area (Å²) in [6.45, 7) is 15.1. The van der Waals surface area contributed by atoms with Crippen LogP contribution in [0.4, 0.5) is 9.59 Å². The van der Waals surface area contributed by atoms with E-state index < -0.39 is 71.2 Å². The van der Waals surface area contributed by atoms with Crippen molar-refractivity contribution in [3.8, 4) is 0 Å². The van der Waals surface area contributed by atoms with Crippen LogP contribution in [-0.2, 0) is 68.9 Å². The maximum Gasteiger partial charge on any atom is 0.419 e. The van der Waals surface area contributed by atoms with Crippen LogP contribution in [0.5, 0.6) is 0 Å². The lowest BCUT2D eigenvalue weighted by Gasteiger charge is -2.20. The highest BCUT2D eigenvalue weighted by Gasteiger charge is 2.34. The zero-order chi connectivity index (χ0) is 61.3. The average Bonchev–Trinajstić information content (AvgIpc) is 3.49. The third kappa shape index (κ3) is 17.5. The Morgan fingerprint density at radius 1 is 0.541 bits per heavy atom. The van der Waals surface area contributed by atoms with Crippen molar-refractivity contribution >= 4 is 57.9 Å². The molecule has 8 rings (SSSR count). The summed E-state index contributed by atoms with van der Waals surface area (Å²) in [5.41, 5.74) is 3.20. The largest absolute Gasteiger partial charge is 0.480 e. The number of hydrogen-bond acceptors (Lipinski definition) is 17. The molecule has 0 amide bonds. The van der Waals surface area contributed by atoms with Crippen LogP contribution in [0.2, 0.25) is 0 Å². The molecule has 0 aliphatic rings. The third-order valence-electron chi connectivity index (χ3n) is 13.8. The van der Waals surface area contributed by atoms with Gasteiger partial charge >= 0.3 is 36.1 Å². The SMILES string of the molecule is CCCC[C@@H](C(=O)O)n1nnnc1[C@@H](CC(=O)OCc1ccccc1)Cc1cn(C(=O)OC(C)(C)C)c2ccccc12.CCCC[C@@H](C(=O)OC)n1nnnc1[C@@H](CC(=O)OCc1ccccc1)Cc1cn(C(=O)OC(C)(C)C)c2ccccc12. The summed E-state index contributed by atoms with van der Waals surface area (Å²) >= 11 is 0. The van der Waals surface area contributed by atoms with E-state index in [1.807, 2.05) is 144 Å². The van der Waals surface area contributed by atoms with Crippen molar-refractivity contribution in [2.75, 3.05) is 7.11 Å². The summed E-state index contributed by atoms with van der Waals surface area (Å²) in [5.74, 6) is -3.02. The predicted molar refractivity (Wildman–Crippen MR) is 314 cm³/mol. The third-order valence-corrected chi connectivity index (χ3v) is 13.8. The molecule has 85 heavy (non-hydrogen) atoms. The summed E-state index contributed by atoms with van der Waals surface area (Å²) in [4.78, 5) is 77.6. The summed E-state index contributed by atoms with van der Waals surface area (Å²) in [5, 5.41) is 36.0. The van der Waals surface area contributed by atoms with E-state index >= 15 is 0 Å². The minimum atomic E-state index is -1.05. The maximum absolute atomic E-state index is 13.2. The van der Waals surface area contributed by atoms with E-state index in [0.717, 1.165) is 52.3 Å². The molecule has 0 saturated carbocycles. The lowest BCUT2D eigenvalue weighted by molar-refractivity contribution is -0.146. The number of carbonyl (C=O) groups is 6. The van der Waals surface area contributed by atoms with Crippen LogP contribution < -0.4 is 0 Å². The van der Waals surface area contributed by atoms with Crippen molar-refractivity contribution in [3.63, 3.8) is 0 Å². The van der Waals surface area contributed by atoms with Crippen molar-refractivity contribution in [3.05, 3.63) is 155 Å². The van der Waals surface area contributed by atoms with Gasteiger partial charge in [0.05, 0.1) is 31.0 Å². The van der Waals surface area contributed by atoms with Crippen LogP contribution in [-0.4, -0.2) is 109 Å². The van der Waals surface area contributed by atoms with Gasteiger partial charge in [0.25, 0.3) is 0 Å². The van der Waals surface area contributed by atoms with E-state index in [9.17, 15) is 33.9 Å². The first-order valence-corrected chi connectivity index (χ1v) is 28.6. The smallest absolute Gasteiger partial charge is 0.419 e. The maximum atomic E-state index is 13.2. The lowest BCUT2D eigenvalue weighted by atomic mass is 9.94. The van der Waals surface area contributed by atoms with Gasteiger partial charge in [0.2, 0.25) is 0 Å². The van der Waals surface area contributed by atoms with Gasteiger partial charge < -0.3 is 28.8 Å². The molecule has 0 spiro atoms. The van der Waals surface area contributed by atoms with Crippen LogP contribution in [0, 0.1) is 0 Å². The molecule has 0 saturated heterocycles. The van der Waals surface area contributed by atoms with Crippen molar-refractivity contribution < 1.29 is 57.6 Å². The van der Waals surface area contributed by atoms with Gasteiger partial charge in [0.1, 0.15) is 24.4 Å². The van der Waals surface area contributed by atoms with Gasteiger partial charge in [0, 0.05) is 35.0 Å². The molecule has 4 aromatic heterocycles. The second-order valence-electron chi connectivity index (χ2n) is 22.7. The fourth-order valence-electron chi connectivity index (χ4n) is 9.79. The number of tetrazole rings is 2. The number of aromatic nitrogens is 10. The number of ether oxygens (including phenoxy) is 5. The van der Waals surface area contributed by atoms with Crippen LogP contribution >= 0.6 is 0 Å². The summed E-state index contributed by atoms with van der Waals surface area (Å²) in [6, 6.07) is 31.9. The van der Waals surface area contributed by atoms with E-state index in [1.165, 1.54) is 25.6 Å². The molecule has 0 fully saturated rings. The first-order valence-electron chi connectivity index (χ1n) is 28.6. The molecule has 0 aliphatic heterocycles. The van der Waals surface area contributed by atoms with E-state index in [4.69, 9.17) is 23.7 Å². The number of rotatable bonds is 24. The number of carboxylic acid groups (broad SMARTS) is 1. The zero-order valence-electron chi connectivity index (χ0n) is 49.8. The molecule has 4 heterocycles. The Morgan fingerprint density at radius 2 is 0.929 bits per heavy atom. The summed E-state index contributed by atoms with van der Waals surface area (Å²) < 4.78 is 33.3. The van der Waals surface area contributed by atoms with Crippen molar-refractivity contribution in [2.24, 2.45) is 0 Å². The number of fused-ring (bicyclic) bond motifs is 2. The predicted octanol–water partition coefficient (Wildman–Crippen LogP) is 11.5. The van der Waals surface area contributed by atoms with Crippen LogP contribution in [0.25, 0.3) is 21.8 Å². The zero-order valence-corrected chi connectivity index (χ0v) is 49.8. The number of para-hydroxylation sites is 2. The fraction of sp³-hybridized carbons (Fsp3) is 0.429. The molecule has 0 unspecified atom stereocenters. The number of benzene rings is 4. The second-order valence-corrected chi connectivity index (χ2v) is 22.7. The van der Waals surface area contributed by atoms with Gasteiger partial charge in [-0.3, -0.25) is 18.7 Å². The second kappa shape index (κ2) is 29.4. The number of carbonyl (C=O) groups excluding carboxylic acids is 5. The summed E-state index contributed by atoms with van der Waals surface area (Å²) in [6.07, 6.45) is 6.68. The first kappa shape index (κ1) is 63.5. The minimum absolute atomic E-state index is 0.0547. The molecule has 22 nitrogen and oxygen atoms in total. The topological polar surface area (TPSA) is 266 Å². The first-order chi connectivity index (χ1) is 40.7. The van der Waals surface area contributed by atoms with Crippen LogP contribution in [0.1, 0.15) is 165 Å². The highest BCUT2D eigenvalue weighted by Crippen LogP contribution is 2.34. The lowest BCUT2D eigenvalue weighted by Crippen LogP contribution is -2.27. The number of esters is 3. The molecular weight excluding hydrogens is 1090 g/mol. The molecule has 0 bridgehead atoms. The number of unbranched alkanes of at least 4 members (excludes halogenated alkanes) is 2. The van der Waals surface area contributed by atoms with Crippen LogP contribution in [0.15, 0.2) is 122 Å².